The van der Waals surface area contributed by atoms with Crippen LogP contribution in [0.5, 0.6) is 0 Å². The predicted molar refractivity (Wildman–Crippen MR) is 104 cm³/mol. The lowest BCUT2D eigenvalue weighted by Gasteiger charge is -2.12. The zero-order valence-corrected chi connectivity index (χ0v) is 16.1. The number of nitrogens with one attached hydrogen (secondary N) is 1. The summed E-state index contributed by atoms with van der Waals surface area (Å²) in [4.78, 5) is 41.7. The van der Waals surface area contributed by atoms with Crippen LogP contribution in [-0.2, 0) is 4.74 Å². The molecule has 0 aliphatic carbocycles. The molecule has 7 nitrogen and oxygen atoms in total. The molecule has 0 fully saturated rings. The van der Waals surface area contributed by atoms with Gasteiger partial charge in [0, 0.05) is 22.0 Å². The lowest BCUT2D eigenvalue weighted by Crippen LogP contribution is -2.17. The Morgan fingerprint density at radius 2 is 2.11 bits per heavy atom. The van der Waals surface area contributed by atoms with E-state index in [1.165, 1.54) is 23.7 Å². The summed E-state index contributed by atoms with van der Waals surface area (Å²) in [5, 5.41) is 4.43. The third-order valence-corrected chi connectivity index (χ3v) is 5.68. The molecule has 0 aromatic carbocycles. The molecule has 0 unspecified atom stereocenters. The number of carbonyl (C=O) groups excluding carboxylic acids is 1. The smallest absolute Gasteiger partial charge is 0.359 e. The highest BCUT2D eigenvalue weighted by Crippen LogP contribution is 2.33. The second kappa shape index (κ2) is 7.01. The van der Waals surface area contributed by atoms with Gasteiger partial charge in [0.25, 0.3) is 5.56 Å². The van der Waals surface area contributed by atoms with E-state index in [0.717, 1.165) is 10.4 Å². The third-order valence-electron chi connectivity index (χ3n) is 3.91. The number of fused-ring (bicyclic) bond motifs is 1. The number of aromatic amines is 1. The fourth-order valence-corrected chi connectivity index (χ4v) is 4.32. The van der Waals surface area contributed by atoms with Gasteiger partial charge in [0.05, 0.1) is 17.3 Å². The zero-order valence-electron chi connectivity index (χ0n) is 14.4. The Morgan fingerprint density at radius 3 is 2.81 bits per heavy atom. The maximum atomic E-state index is 12.6. The van der Waals surface area contributed by atoms with Gasteiger partial charge in [-0.2, -0.15) is 0 Å². The summed E-state index contributed by atoms with van der Waals surface area (Å²) in [6, 6.07) is 3.90. The van der Waals surface area contributed by atoms with Crippen molar-refractivity contribution in [3.05, 3.63) is 62.9 Å². The van der Waals surface area contributed by atoms with Crippen LogP contribution in [0.1, 0.15) is 35.0 Å². The van der Waals surface area contributed by atoms with Crippen LogP contribution in [0.15, 0.2) is 40.1 Å². The molecule has 4 rings (SSSR count). The summed E-state index contributed by atoms with van der Waals surface area (Å²) in [5.41, 5.74) is 1.42. The van der Waals surface area contributed by atoms with Gasteiger partial charge in [-0.25, -0.2) is 14.8 Å². The largest absolute Gasteiger partial charge is 0.450 e. The van der Waals surface area contributed by atoms with Crippen molar-refractivity contribution < 1.29 is 9.53 Å². The quantitative estimate of drug-likeness (QED) is 0.526. The first-order chi connectivity index (χ1) is 13.0. The van der Waals surface area contributed by atoms with Crippen LogP contribution in [-0.4, -0.2) is 25.9 Å². The summed E-state index contributed by atoms with van der Waals surface area (Å²) in [7, 11) is 0. The van der Waals surface area contributed by atoms with Gasteiger partial charge >= 0.3 is 5.97 Å². The van der Waals surface area contributed by atoms with Gasteiger partial charge in [-0.05, 0) is 25.3 Å². The van der Waals surface area contributed by atoms with E-state index < -0.39 is 12.1 Å². The maximum Gasteiger partial charge on any atom is 0.359 e. The third kappa shape index (κ3) is 3.38. The van der Waals surface area contributed by atoms with Crippen molar-refractivity contribution in [3.63, 3.8) is 0 Å². The molecule has 4 aromatic rings. The van der Waals surface area contributed by atoms with Crippen molar-refractivity contribution in [1.82, 2.24) is 19.9 Å². The Labute approximate surface area is 161 Å². The van der Waals surface area contributed by atoms with Gasteiger partial charge in [0.15, 0.2) is 17.6 Å². The molecule has 0 aliphatic heterocycles. The zero-order chi connectivity index (χ0) is 19.0. The molecule has 4 heterocycles. The van der Waals surface area contributed by atoms with Crippen molar-refractivity contribution in [2.75, 3.05) is 0 Å². The summed E-state index contributed by atoms with van der Waals surface area (Å²) in [6.07, 6.45) is 2.12. The highest BCUT2D eigenvalue weighted by atomic mass is 32.1. The second-order valence-corrected chi connectivity index (χ2v) is 7.65. The lowest BCUT2D eigenvalue weighted by molar-refractivity contribution is 0.0312. The number of nitrogens with zero attached hydrogens (tertiary/aromatic N) is 3. The summed E-state index contributed by atoms with van der Waals surface area (Å²) >= 11 is 2.95. The van der Waals surface area contributed by atoms with Crippen LogP contribution in [0.2, 0.25) is 0 Å². The van der Waals surface area contributed by atoms with Crippen molar-refractivity contribution in [2.45, 2.75) is 20.0 Å². The number of ether oxygens (including phenoxy) is 1. The highest BCUT2D eigenvalue weighted by molar-refractivity contribution is 7.18. The van der Waals surface area contributed by atoms with Gasteiger partial charge in [-0.15, -0.1) is 22.7 Å². The predicted octanol–water partition coefficient (Wildman–Crippen LogP) is 3.73. The molecular formula is C18H14N4O3S2. The average Bonchev–Trinajstić information content (AvgIpc) is 3.31. The topological polar surface area (TPSA) is 97.8 Å². The van der Waals surface area contributed by atoms with E-state index in [2.05, 4.69) is 19.9 Å². The molecular weight excluding hydrogens is 384 g/mol. The number of aryl methyl sites for hydroxylation is 1. The molecule has 136 valence electrons. The Balaban J connectivity index is 1.63. The maximum absolute atomic E-state index is 12.6. The van der Waals surface area contributed by atoms with Crippen LogP contribution in [0.4, 0.5) is 0 Å². The molecule has 0 bridgehead atoms. The van der Waals surface area contributed by atoms with Crippen LogP contribution >= 0.6 is 22.7 Å². The number of hydrogen-bond donors (Lipinski definition) is 1. The van der Waals surface area contributed by atoms with E-state index in [0.29, 0.717) is 21.7 Å². The molecule has 4 aromatic heterocycles. The highest BCUT2D eigenvalue weighted by Gasteiger charge is 2.20. The minimum Gasteiger partial charge on any atom is -0.450 e. The van der Waals surface area contributed by atoms with Crippen LogP contribution < -0.4 is 5.56 Å². The monoisotopic (exact) mass is 398 g/mol. The molecule has 1 N–H and O–H groups in total. The Hall–Kier alpha value is -2.91. The summed E-state index contributed by atoms with van der Waals surface area (Å²) in [6.45, 7) is 3.43. The van der Waals surface area contributed by atoms with Gasteiger partial charge in [-0.3, -0.25) is 9.78 Å². The molecule has 9 heteroatoms. The average molecular weight is 398 g/mol. The molecule has 0 saturated heterocycles. The molecule has 0 aliphatic rings. The Bertz CT molecular complexity index is 1160. The Morgan fingerprint density at radius 1 is 1.26 bits per heavy atom. The lowest BCUT2D eigenvalue weighted by atomic mass is 10.2. The first-order valence-corrected chi connectivity index (χ1v) is 9.84. The second-order valence-electron chi connectivity index (χ2n) is 5.85. The van der Waals surface area contributed by atoms with E-state index in [-0.39, 0.29) is 11.3 Å². The van der Waals surface area contributed by atoms with Crippen LogP contribution in [0.3, 0.4) is 0 Å². The normalized spacial score (nSPS) is 12.2. The first-order valence-electron chi connectivity index (χ1n) is 8.08. The number of rotatable bonds is 4. The summed E-state index contributed by atoms with van der Waals surface area (Å²) < 4.78 is 5.38. The van der Waals surface area contributed by atoms with Crippen molar-refractivity contribution in [2.24, 2.45) is 0 Å². The van der Waals surface area contributed by atoms with Gasteiger partial charge in [-0.1, -0.05) is 6.07 Å². The Kier molecular flexibility index (Phi) is 4.54. The number of esters is 1. The molecule has 27 heavy (non-hydrogen) atoms. The molecule has 0 radical (unpaired) electrons. The van der Waals surface area contributed by atoms with E-state index in [1.54, 1.807) is 25.2 Å². The number of carbonyl (C=O) groups is 1. The molecule has 0 amide bonds. The summed E-state index contributed by atoms with van der Waals surface area (Å²) in [5.74, 6) is -0.330. The number of aromatic nitrogens is 4. The van der Waals surface area contributed by atoms with Crippen LogP contribution in [0.25, 0.3) is 20.7 Å². The van der Waals surface area contributed by atoms with Gasteiger partial charge in [0.1, 0.15) is 4.83 Å². The number of hydrogen-bond acceptors (Lipinski definition) is 8. The standard InChI is InChI=1S/C18H14N4O3S2/c1-9-6-20-12(7-19-9)18(24)25-10(2)15-21-16(23)14-11(8-27-17(14)22-15)13-4-3-5-26-13/h3-8,10H,1-2H3,(H,21,22,23)/t10-/m1/s1. The fourth-order valence-electron chi connectivity index (χ4n) is 2.55. The van der Waals surface area contributed by atoms with Gasteiger partial charge in [0.2, 0.25) is 0 Å². The van der Waals surface area contributed by atoms with Crippen molar-refractivity contribution >= 4 is 38.9 Å². The molecule has 0 saturated carbocycles. The minimum atomic E-state index is -0.731. The molecule has 0 spiro atoms. The van der Waals surface area contributed by atoms with E-state index in [9.17, 15) is 9.59 Å². The minimum absolute atomic E-state index is 0.104. The SMILES string of the molecule is Cc1cnc(C(=O)O[C@H](C)c2nc3scc(-c4cccs4)c3c(=O)[nH]2)cn1. The van der Waals surface area contributed by atoms with E-state index >= 15 is 0 Å². The molecule has 1 atom stereocenters. The number of H-pyrrole nitrogens is 1. The van der Waals surface area contributed by atoms with Gasteiger partial charge < -0.3 is 9.72 Å². The van der Waals surface area contributed by atoms with Crippen molar-refractivity contribution in [3.8, 4) is 10.4 Å². The van der Waals surface area contributed by atoms with Crippen LogP contribution in [0, 0.1) is 6.92 Å². The first kappa shape index (κ1) is 17.5. The van der Waals surface area contributed by atoms with E-state index in [4.69, 9.17) is 4.74 Å². The fraction of sp³-hybridized carbons (Fsp3) is 0.167. The van der Waals surface area contributed by atoms with E-state index in [1.807, 2.05) is 22.9 Å². The van der Waals surface area contributed by atoms with Crippen molar-refractivity contribution in [1.29, 1.82) is 0 Å². The number of thiophene rings is 2.